The number of nitrogens with zero attached hydrogens (tertiary/aromatic N) is 2. The number of aliphatic hydroxyl groups is 1. The number of hydrogen-bond donors (Lipinski definition) is 1. The maximum atomic E-state index is 13.3. The van der Waals surface area contributed by atoms with Crippen LogP contribution >= 0.6 is 0 Å². The van der Waals surface area contributed by atoms with Crippen LogP contribution in [-0.4, -0.2) is 85.8 Å². The van der Waals surface area contributed by atoms with Crippen molar-refractivity contribution in [2.75, 3.05) is 53.1 Å². The van der Waals surface area contributed by atoms with Crippen molar-refractivity contribution < 1.29 is 33.6 Å². The minimum absolute atomic E-state index is 0.256. The van der Waals surface area contributed by atoms with Crippen molar-refractivity contribution in [3.05, 3.63) is 94.5 Å². The first kappa shape index (κ1) is 36.4. The molecule has 264 valence electrons. The molecule has 5 rings (SSSR count). The molecular formula is C40H52N2O7. The van der Waals surface area contributed by atoms with Crippen molar-refractivity contribution in [3.8, 4) is 11.1 Å². The molecule has 0 saturated carbocycles. The van der Waals surface area contributed by atoms with Crippen LogP contribution in [-0.2, 0) is 37.6 Å². The molecule has 2 saturated heterocycles. The molecular weight excluding hydrogens is 620 g/mol. The van der Waals surface area contributed by atoms with Gasteiger partial charge in [-0.2, -0.15) is 0 Å². The standard InChI is InChI=1S/C40H52N2O7/c1-28(25-46-6)26-47-27-30-11-14-33(15-12-30)40(45)18-20-42(38(44)49-39(3,4)5)24-36(40)34-16-13-32(23-29(34)2)35-10-8-7-9-31(35)17-19-41-21-22-48-37(41)43/h7-16,23,28,36,45H,17-22,24-27H2,1-6H3/t28-,36+,40-/m0/s1. The summed E-state index contributed by atoms with van der Waals surface area (Å²) in [7, 11) is 1.69. The number of carbonyl (C=O) groups excluding carboxylic acids is 2. The molecule has 3 aromatic carbocycles. The molecule has 3 aromatic rings. The van der Waals surface area contributed by atoms with Gasteiger partial charge in [0.1, 0.15) is 12.2 Å². The molecule has 0 radical (unpaired) electrons. The fourth-order valence-corrected chi connectivity index (χ4v) is 6.87. The summed E-state index contributed by atoms with van der Waals surface area (Å²) in [5, 5.41) is 12.6. The van der Waals surface area contributed by atoms with E-state index in [1.165, 1.54) is 0 Å². The summed E-state index contributed by atoms with van der Waals surface area (Å²) in [6.45, 7) is 13.8. The highest BCUT2D eigenvalue weighted by Crippen LogP contribution is 2.45. The summed E-state index contributed by atoms with van der Waals surface area (Å²) in [6, 6.07) is 22.6. The minimum Gasteiger partial charge on any atom is -0.448 e. The van der Waals surface area contributed by atoms with Crippen LogP contribution in [0.5, 0.6) is 0 Å². The number of aryl methyl sites for hydroxylation is 1. The maximum absolute atomic E-state index is 13.3. The van der Waals surface area contributed by atoms with E-state index in [0.29, 0.717) is 71.4 Å². The van der Waals surface area contributed by atoms with Crippen molar-refractivity contribution in [2.24, 2.45) is 5.92 Å². The van der Waals surface area contributed by atoms with Gasteiger partial charge in [-0.05, 0) is 79.5 Å². The normalized spacial score (nSPS) is 20.3. The molecule has 9 nitrogen and oxygen atoms in total. The maximum Gasteiger partial charge on any atom is 0.410 e. The molecule has 1 N–H and O–H groups in total. The van der Waals surface area contributed by atoms with Crippen LogP contribution in [0.1, 0.15) is 67.9 Å². The van der Waals surface area contributed by atoms with E-state index in [1.807, 2.05) is 57.2 Å². The van der Waals surface area contributed by atoms with E-state index < -0.39 is 17.1 Å². The van der Waals surface area contributed by atoms with Crippen molar-refractivity contribution in [2.45, 2.75) is 71.2 Å². The second-order valence-electron chi connectivity index (χ2n) is 14.5. The Hall–Kier alpha value is -3.92. The molecule has 0 aromatic heterocycles. The van der Waals surface area contributed by atoms with Crippen molar-refractivity contribution >= 4 is 12.2 Å². The molecule has 2 aliphatic rings. The number of carbonyl (C=O) groups is 2. The largest absolute Gasteiger partial charge is 0.448 e. The number of ether oxygens (including phenoxy) is 4. The number of hydrogen-bond acceptors (Lipinski definition) is 7. The predicted molar refractivity (Wildman–Crippen MR) is 189 cm³/mol. The zero-order chi connectivity index (χ0) is 35.2. The zero-order valence-corrected chi connectivity index (χ0v) is 29.9. The number of likely N-dealkylation sites (tertiary alicyclic amines) is 1. The topological polar surface area (TPSA) is 97.8 Å². The highest BCUT2D eigenvalue weighted by Gasteiger charge is 2.46. The van der Waals surface area contributed by atoms with Gasteiger partial charge in [0.15, 0.2) is 0 Å². The van der Waals surface area contributed by atoms with E-state index in [0.717, 1.165) is 38.9 Å². The molecule has 2 fully saturated rings. The van der Waals surface area contributed by atoms with E-state index in [1.54, 1.807) is 16.9 Å². The van der Waals surface area contributed by atoms with Crippen LogP contribution in [0.2, 0.25) is 0 Å². The first-order valence-electron chi connectivity index (χ1n) is 17.3. The highest BCUT2D eigenvalue weighted by atomic mass is 16.6. The van der Waals surface area contributed by atoms with Crippen molar-refractivity contribution in [3.63, 3.8) is 0 Å². The van der Waals surface area contributed by atoms with Gasteiger partial charge in [0, 0.05) is 38.6 Å². The average Bonchev–Trinajstić information content (AvgIpc) is 3.48. The van der Waals surface area contributed by atoms with Crippen LogP contribution in [0.25, 0.3) is 11.1 Å². The molecule has 2 heterocycles. The fraction of sp³-hybridized carbons (Fsp3) is 0.500. The number of benzene rings is 3. The summed E-state index contributed by atoms with van der Waals surface area (Å²) in [5.41, 5.74) is 5.33. The summed E-state index contributed by atoms with van der Waals surface area (Å²) in [6.07, 6.45) is 0.449. The van der Waals surface area contributed by atoms with E-state index >= 15 is 0 Å². The molecule has 0 aliphatic carbocycles. The van der Waals surface area contributed by atoms with Crippen LogP contribution in [0.15, 0.2) is 66.7 Å². The van der Waals surface area contributed by atoms with E-state index in [2.05, 4.69) is 44.2 Å². The Bertz CT molecular complexity index is 1580. The SMILES string of the molecule is COC[C@H](C)COCc1ccc([C@@]2(O)CCN(C(=O)OC(C)(C)C)C[C@@H]2c2ccc(-c3ccccc3CCN3CCOC3=O)cc2C)cc1. The van der Waals surface area contributed by atoms with Crippen LogP contribution < -0.4 is 0 Å². The molecule has 2 amide bonds. The van der Waals surface area contributed by atoms with Gasteiger partial charge in [-0.3, -0.25) is 0 Å². The lowest BCUT2D eigenvalue weighted by Gasteiger charge is -2.45. The minimum atomic E-state index is -1.21. The first-order chi connectivity index (χ1) is 23.4. The Kier molecular flexibility index (Phi) is 11.7. The summed E-state index contributed by atoms with van der Waals surface area (Å²) < 4.78 is 22.0. The number of rotatable bonds is 12. The van der Waals surface area contributed by atoms with E-state index in [4.69, 9.17) is 18.9 Å². The monoisotopic (exact) mass is 672 g/mol. The van der Waals surface area contributed by atoms with Crippen LogP contribution in [0, 0.1) is 12.8 Å². The van der Waals surface area contributed by atoms with Gasteiger partial charge >= 0.3 is 12.2 Å². The Balaban J connectivity index is 1.41. The predicted octanol–water partition coefficient (Wildman–Crippen LogP) is 7.07. The molecule has 0 unspecified atom stereocenters. The van der Waals surface area contributed by atoms with Gasteiger partial charge in [-0.25, -0.2) is 9.59 Å². The first-order valence-corrected chi connectivity index (χ1v) is 17.3. The number of cyclic esters (lactones) is 1. The Morgan fingerprint density at radius 2 is 1.82 bits per heavy atom. The lowest BCUT2D eigenvalue weighted by molar-refractivity contribution is -0.0529. The summed E-state index contributed by atoms with van der Waals surface area (Å²) in [4.78, 5) is 28.8. The second-order valence-corrected chi connectivity index (χ2v) is 14.5. The third kappa shape index (κ3) is 9.01. The molecule has 0 bridgehead atoms. The fourth-order valence-electron chi connectivity index (χ4n) is 6.87. The second kappa shape index (κ2) is 15.7. The zero-order valence-electron chi connectivity index (χ0n) is 29.9. The van der Waals surface area contributed by atoms with Crippen molar-refractivity contribution in [1.29, 1.82) is 0 Å². The highest BCUT2D eigenvalue weighted by molar-refractivity contribution is 5.71. The Morgan fingerprint density at radius 3 is 2.49 bits per heavy atom. The summed E-state index contributed by atoms with van der Waals surface area (Å²) >= 11 is 0. The van der Waals surface area contributed by atoms with Gasteiger partial charge in [0.05, 0.1) is 32.0 Å². The van der Waals surface area contributed by atoms with Gasteiger partial charge in [0.2, 0.25) is 0 Å². The summed E-state index contributed by atoms with van der Waals surface area (Å²) in [5.74, 6) is -0.0871. The number of methoxy groups -OCH3 is 1. The van der Waals surface area contributed by atoms with Gasteiger partial charge in [0.25, 0.3) is 0 Å². The number of amides is 2. The molecule has 2 aliphatic heterocycles. The van der Waals surface area contributed by atoms with Gasteiger partial charge in [-0.15, -0.1) is 0 Å². The van der Waals surface area contributed by atoms with Crippen LogP contribution in [0.3, 0.4) is 0 Å². The third-order valence-corrected chi connectivity index (χ3v) is 9.44. The van der Waals surface area contributed by atoms with Crippen LogP contribution in [0.4, 0.5) is 9.59 Å². The molecule has 0 spiro atoms. The molecule has 3 atom stereocenters. The van der Waals surface area contributed by atoms with Gasteiger partial charge < -0.3 is 33.9 Å². The smallest absolute Gasteiger partial charge is 0.410 e. The van der Waals surface area contributed by atoms with E-state index in [9.17, 15) is 14.7 Å². The quantitative estimate of drug-likeness (QED) is 0.220. The lowest BCUT2D eigenvalue weighted by atomic mass is 9.71. The Morgan fingerprint density at radius 1 is 1.06 bits per heavy atom. The average molecular weight is 673 g/mol. The molecule has 49 heavy (non-hydrogen) atoms. The third-order valence-electron chi connectivity index (χ3n) is 9.44. The van der Waals surface area contributed by atoms with Crippen molar-refractivity contribution in [1.82, 2.24) is 9.80 Å². The molecule has 9 heteroatoms. The van der Waals surface area contributed by atoms with E-state index in [-0.39, 0.29) is 12.2 Å². The Labute approximate surface area is 291 Å². The lowest BCUT2D eigenvalue weighted by Crippen LogP contribution is -2.51. The van der Waals surface area contributed by atoms with Gasteiger partial charge in [-0.1, -0.05) is 73.7 Å². The number of piperidine rings is 1.